The molecule has 138 valence electrons. The molecular weight excluding hydrogens is 356 g/mol. The lowest BCUT2D eigenvalue weighted by molar-refractivity contribution is -0.136. The third-order valence-electron chi connectivity index (χ3n) is 3.80. The van der Waals surface area contributed by atoms with Gasteiger partial charge in [-0.25, -0.2) is 0 Å². The van der Waals surface area contributed by atoms with Crippen LogP contribution in [0.4, 0.5) is 5.69 Å². The van der Waals surface area contributed by atoms with Crippen molar-refractivity contribution in [1.29, 1.82) is 0 Å². The lowest BCUT2D eigenvalue weighted by Crippen LogP contribution is -2.36. The summed E-state index contributed by atoms with van der Waals surface area (Å²) in [6.07, 6.45) is 0.551. The fraction of sp³-hybridized carbons (Fsp3) is 0.263. The van der Waals surface area contributed by atoms with Gasteiger partial charge in [0, 0.05) is 17.3 Å². The molecule has 0 fully saturated rings. The first kappa shape index (κ1) is 19.6. The second-order valence-corrected chi connectivity index (χ2v) is 6.05. The predicted octanol–water partition coefficient (Wildman–Crippen LogP) is 2.96. The van der Waals surface area contributed by atoms with E-state index in [9.17, 15) is 9.59 Å². The van der Waals surface area contributed by atoms with Crippen LogP contribution in [-0.4, -0.2) is 32.6 Å². The van der Waals surface area contributed by atoms with Crippen LogP contribution in [0, 0.1) is 6.92 Å². The van der Waals surface area contributed by atoms with Crippen LogP contribution >= 0.6 is 11.6 Å². The van der Waals surface area contributed by atoms with Crippen molar-refractivity contribution in [2.45, 2.75) is 13.3 Å². The maximum absolute atomic E-state index is 12.0. The second kappa shape index (κ2) is 9.10. The fourth-order valence-corrected chi connectivity index (χ4v) is 2.52. The van der Waals surface area contributed by atoms with Gasteiger partial charge in [-0.1, -0.05) is 23.7 Å². The number of hydrogen-bond donors (Lipinski definition) is 2. The molecule has 0 atom stereocenters. The molecule has 0 unspecified atom stereocenters. The highest BCUT2D eigenvalue weighted by molar-refractivity contribution is 6.40. The highest BCUT2D eigenvalue weighted by Crippen LogP contribution is 2.27. The Morgan fingerprint density at radius 2 is 1.73 bits per heavy atom. The quantitative estimate of drug-likeness (QED) is 0.760. The van der Waals surface area contributed by atoms with Crippen molar-refractivity contribution in [3.63, 3.8) is 0 Å². The first-order valence-electron chi connectivity index (χ1n) is 8.01. The van der Waals surface area contributed by atoms with Crippen molar-refractivity contribution in [3.8, 4) is 11.5 Å². The maximum Gasteiger partial charge on any atom is 0.313 e. The topological polar surface area (TPSA) is 76.7 Å². The van der Waals surface area contributed by atoms with Crippen molar-refractivity contribution < 1.29 is 19.1 Å². The van der Waals surface area contributed by atoms with Crippen LogP contribution in [-0.2, 0) is 16.0 Å². The number of carbonyl (C=O) groups is 2. The summed E-state index contributed by atoms with van der Waals surface area (Å²) in [5.41, 5.74) is 2.28. The molecule has 0 aliphatic rings. The number of anilines is 1. The zero-order valence-electron chi connectivity index (χ0n) is 14.9. The number of ether oxygens (including phenoxy) is 2. The molecule has 2 N–H and O–H groups in total. The van der Waals surface area contributed by atoms with Crippen LogP contribution in [0.1, 0.15) is 11.1 Å². The number of aryl methyl sites for hydroxylation is 1. The van der Waals surface area contributed by atoms with E-state index in [1.165, 1.54) is 0 Å². The molecule has 0 aromatic heterocycles. The molecule has 0 saturated heterocycles. The van der Waals surface area contributed by atoms with Gasteiger partial charge < -0.3 is 20.1 Å². The monoisotopic (exact) mass is 376 g/mol. The average Bonchev–Trinajstić information content (AvgIpc) is 2.64. The van der Waals surface area contributed by atoms with Gasteiger partial charge in [-0.05, 0) is 48.7 Å². The van der Waals surface area contributed by atoms with Crippen LogP contribution in [0.15, 0.2) is 36.4 Å². The van der Waals surface area contributed by atoms with Gasteiger partial charge in [0.05, 0.1) is 14.2 Å². The predicted molar refractivity (Wildman–Crippen MR) is 101 cm³/mol. The third kappa shape index (κ3) is 5.13. The maximum atomic E-state index is 12.0. The van der Waals surface area contributed by atoms with E-state index in [1.54, 1.807) is 38.5 Å². The molecule has 0 heterocycles. The number of nitrogens with one attached hydrogen (secondary N) is 2. The van der Waals surface area contributed by atoms with Gasteiger partial charge in [-0.2, -0.15) is 0 Å². The summed E-state index contributed by atoms with van der Waals surface area (Å²) in [6.45, 7) is 2.14. The molecular formula is C19H21ClN2O4. The Kier molecular flexibility index (Phi) is 6.86. The van der Waals surface area contributed by atoms with Gasteiger partial charge in [0.1, 0.15) is 0 Å². The van der Waals surface area contributed by atoms with Gasteiger partial charge >= 0.3 is 11.8 Å². The molecule has 2 rings (SSSR count). The van der Waals surface area contributed by atoms with Crippen molar-refractivity contribution in [2.75, 3.05) is 26.1 Å². The zero-order valence-corrected chi connectivity index (χ0v) is 15.6. The lowest BCUT2D eigenvalue weighted by Gasteiger charge is -2.11. The number of amides is 2. The van der Waals surface area contributed by atoms with E-state index in [0.717, 1.165) is 11.1 Å². The number of halogens is 1. The zero-order chi connectivity index (χ0) is 19.1. The third-order valence-corrected chi connectivity index (χ3v) is 4.04. The minimum Gasteiger partial charge on any atom is -0.493 e. The van der Waals surface area contributed by atoms with Crippen LogP contribution in [0.3, 0.4) is 0 Å². The summed E-state index contributed by atoms with van der Waals surface area (Å²) in [4.78, 5) is 24.0. The Bertz CT molecular complexity index is 808. The van der Waals surface area contributed by atoms with Gasteiger partial charge in [0.25, 0.3) is 0 Å². The lowest BCUT2D eigenvalue weighted by atomic mass is 10.1. The Morgan fingerprint density at radius 3 is 2.42 bits per heavy atom. The van der Waals surface area contributed by atoms with E-state index in [0.29, 0.717) is 35.2 Å². The molecule has 7 heteroatoms. The minimum absolute atomic E-state index is 0.316. The van der Waals surface area contributed by atoms with Gasteiger partial charge in [-0.3, -0.25) is 9.59 Å². The molecule has 0 bridgehead atoms. The van der Waals surface area contributed by atoms with E-state index >= 15 is 0 Å². The van der Waals surface area contributed by atoms with Crippen LogP contribution in [0.2, 0.25) is 5.02 Å². The van der Waals surface area contributed by atoms with Crippen molar-refractivity contribution in [3.05, 3.63) is 52.5 Å². The molecule has 0 radical (unpaired) electrons. The Balaban J connectivity index is 1.88. The molecule has 6 nitrogen and oxygen atoms in total. The summed E-state index contributed by atoms with van der Waals surface area (Å²) in [7, 11) is 3.13. The van der Waals surface area contributed by atoms with Crippen molar-refractivity contribution >= 4 is 29.1 Å². The molecule has 2 aromatic rings. The number of rotatable bonds is 6. The Labute approximate surface area is 157 Å². The molecule has 0 spiro atoms. The summed E-state index contributed by atoms with van der Waals surface area (Å²) in [5.74, 6) is -0.186. The average molecular weight is 377 g/mol. The standard InChI is InChI=1S/C19H21ClN2O4/c1-12-4-6-14(20)11-15(12)22-19(24)18(23)21-9-8-13-5-7-16(25-2)17(10-13)26-3/h4-7,10-11H,8-9H2,1-3H3,(H,21,23)(H,22,24). The normalized spacial score (nSPS) is 10.2. The van der Waals surface area contributed by atoms with E-state index in [2.05, 4.69) is 10.6 Å². The van der Waals surface area contributed by atoms with Gasteiger partial charge in [0.2, 0.25) is 0 Å². The SMILES string of the molecule is COc1ccc(CCNC(=O)C(=O)Nc2cc(Cl)ccc2C)cc1OC. The Hall–Kier alpha value is -2.73. The van der Waals surface area contributed by atoms with Crippen molar-refractivity contribution in [1.82, 2.24) is 5.32 Å². The fourth-order valence-electron chi connectivity index (χ4n) is 2.34. The minimum atomic E-state index is -0.734. The second-order valence-electron chi connectivity index (χ2n) is 5.61. The van der Waals surface area contributed by atoms with E-state index in [-0.39, 0.29) is 0 Å². The Morgan fingerprint density at radius 1 is 1.00 bits per heavy atom. The molecule has 2 aromatic carbocycles. The number of hydrogen-bond acceptors (Lipinski definition) is 4. The molecule has 0 aliphatic carbocycles. The van der Waals surface area contributed by atoms with Crippen LogP contribution in [0.25, 0.3) is 0 Å². The highest BCUT2D eigenvalue weighted by atomic mass is 35.5. The van der Waals surface area contributed by atoms with Crippen LogP contribution in [0.5, 0.6) is 11.5 Å². The number of methoxy groups -OCH3 is 2. The molecule has 0 saturated carbocycles. The summed E-state index contributed by atoms with van der Waals surface area (Å²) < 4.78 is 10.4. The summed E-state index contributed by atoms with van der Waals surface area (Å²) >= 11 is 5.91. The molecule has 0 aliphatic heterocycles. The summed E-state index contributed by atoms with van der Waals surface area (Å²) in [5, 5.41) is 5.64. The van der Waals surface area contributed by atoms with Crippen molar-refractivity contribution in [2.24, 2.45) is 0 Å². The van der Waals surface area contributed by atoms with Crippen LogP contribution < -0.4 is 20.1 Å². The number of benzene rings is 2. The van der Waals surface area contributed by atoms with E-state index in [1.807, 2.05) is 19.1 Å². The first-order chi connectivity index (χ1) is 12.4. The molecule has 2 amide bonds. The van der Waals surface area contributed by atoms with Gasteiger partial charge in [-0.15, -0.1) is 0 Å². The summed E-state index contributed by atoms with van der Waals surface area (Å²) in [6, 6.07) is 10.6. The smallest absolute Gasteiger partial charge is 0.313 e. The molecule has 26 heavy (non-hydrogen) atoms. The highest BCUT2D eigenvalue weighted by Gasteiger charge is 2.14. The van der Waals surface area contributed by atoms with E-state index < -0.39 is 11.8 Å². The van der Waals surface area contributed by atoms with E-state index in [4.69, 9.17) is 21.1 Å². The van der Waals surface area contributed by atoms with Gasteiger partial charge in [0.15, 0.2) is 11.5 Å². The number of carbonyl (C=O) groups excluding carboxylic acids is 2. The first-order valence-corrected chi connectivity index (χ1v) is 8.38. The largest absolute Gasteiger partial charge is 0.493 e.